The fourth-order valence-corrected chi connectivity index (χ4v) is 2.10. The highest BCUT2D eigenvalue weighted by Gasteiger charge is 2.51. The number of rotatable bonds is 2. The molecule has 0 aliphatic carbocycles. The Labute approximate surface area is 136 Å². The number of hydrogen-bond donors (Lipinski definition) is 0. The van der Waals surface area contributed by atoms with Crippen LogP contribution in [0.3, 0.4) is 0 Å². The first kappa shape index (κ1) is 16.9. The minimum Gasteiger partial charge on any atom is -0.399 e. The van der Waals surface area contributed by atoms with Crippen molar-refractivity contribution < 1.29 is 9.31 Å². The molecule has 2 aromatic heterocycles. The van der Waals surface area contributed by atoms with Crippen LogP contribution in [0.1, 0.15) is 33.4 Å². The maximum Gasteiger partial charge on any atom is 0.498 e. The van der Waals surface area contributed by atoms with Crippen molar-refractivity contribution in [3.8, 4) is 5.95 Å². The lowest BCUT2D eigenvalue weighted by molar-refractivity contribution is 0.00578. The van der Waals surface area contributed by atoms with Crippen LogP contribution < -0.4 is 5.46 Å². The Morgan fingerprint density at radius 1 is 1.00 bits per heavy atom. The van der Waals surface area contributed by atoms with E-state index >= 15 is 0 Å². The fourth-order valence-electron chi connectivity index (χ4n) is 2.10. The van der Waals surface area contributed by atoms with Crippen LogP contribution in [0.15, 0.2) is 24.9 Å². The predicted molar refractivity (Wildman–Crippen MR) is 86.9 cm³/mol. The molecule has 0 bridgehead atoms. The third-order valence-electron chi connectivity index (χ3n) is 4.13. The maximum absolute atomic E-state index is 5.98. The first-order valence-corrected chi connectivity index (χ1v) is 6.97. The van der Waals surface area contributed by atoms with Gasteiger partial charge in [-0.05, 0) is 34.6 Å². The Bertz CT molecular complexity index is 641. The van der Waals surface area contributed by atoms with Gasteiger partial charge in [0.05, 0.1) is 16.9 Å². The molecule has 0 radical (unpaired) electrons. The third kappa shape index (κ3) is 2.88. The van der Waals surface area contributed by atoms with Gasteiger partial charge >= 0.3 is 7.12 Å². The van der Waals surface area contributed by atoms with Gasteiger partial charge < -0.3 is 9.31 Å². The van der Waals surface area contributed by atoms with E-state index in [1.807, 2.05) is 40.8 Å². The molecule has 118 valence electrons. The van der Waals surface area contributed by atoms with Crippen LogP contribution in [0.5, 0.6) is 0 Å². The molecule has 1 fully saturated rings. The smallest absolute Gasteiger partial charge is 0.399 e. The highest BCUT2D eigenvalue weighted by Crippen LogP contribution is 2.36. The molecule has 22 heavy (non-hydrogen) atoms. The average Bonchev–Trinajstić information content (AvgIpc) is 2.92. The molecule has 0 spiro atoms. The van der Waals surface area contributed by atoms with Crippen molar-refractivity contribution in [2.24, 2.45) is 0 Å². The minimum absolute atomic E-state index is 0. The molecule has 1 aliphatic rings. The van der Waals surface area contributed by atoms with Gasteiger partial charge in [0.15, 0.2) is 0 Å². The summed E-state index contributed by atoms with van der Waals surface area (Å²) in [7, 11) is -0.437. The SMILES string of the molecule is Cc1cn(-c2ncc(B3OC(C)(C)C(C)(C)O3)cn2)cn1.Cl. The number of aromatic nitrogens is 4. The van der Waals surface area contributed by atoms with Gasteiger partial charge in [-0.3, -0.25) is 4.57 Å². The van der Waals surface area contributed by atoms with Crippen molar-refractivity contribution in [3.05, 3.63) is 30.6 Å². The second kappa shape index (κ2) is 5.64. The Morgan fingerprint density at radius 2 is 1.55 bits per heavy atom. The Morgan fingerprint density at radius 3 is 2.00 bits per heavy atom. The van der Waals surface area contributed by atoms with E-state index < -0.39 is 7.12 Å². The van der Waals surface area contributed by atoms with Crippen molar-refractivity contribution in [1.82, 2.24) is 19.5 Å². The Hall–Kier alpha value is -1.44. The van der Waals surface area contributed by atoms with Crippen molar-refractivity contribution in [2.45, 2.75) is 45.8 Å². The van der Waals surface area contributed by atoms with Crippen molar-refractivity contribution in [3.63, 3.8) is 0 Å². The zero-order valence-corrected chi connectivity index (χ0v) is 14.2. The molecule has 3 rings (SSSR count). The van der Waals surface area contributed by atoms with Crippen LogP contribution in [0.25, 0.3) is 5.95 Å². The second-order valence-electron chi connectivity index (χ2n) is 6.33. The molecule has 0 N–H and O–H groups in total. The molecule has 0 atom stereocenters. The zero-order chi connectivity index (χ0) is 15.3. The molecule has 0 saturated carbocycles. The number of imidazole rings is 1. The summed E-state index contributed by atoms with van der Waals surface area (Å²) in [5, 5.41) is 0. The minimum atomic E-state index is -0.437. The largest absolute Gasteiger partial charge is 0.498 e. The van der Waals surface area contributed by atoms with E-state index in [2.05, 4.69) is 15.0 Å². The molecule has 3 heterocycles. The number of halogens is 1. The van der Waals surface area contributed by atoms with E-state index in [-0.39, 0.29) is 23.6 Å². The van der Waals surface area contributed by atoms with E-state index in [0.717, 1.165) is 11.2 Å². The third-order valence-corrected chi connectivity index (χ3v) is 4.13. The Kier molecular flexibility index (Phi) is 4.34. The second-order valence-corrected chi connectivity index (χ2v) is 6.33. The van der Waals surface area contributed by atoms with Crippen molar-refractivity contribution in [2.75, 3.05) is 0 Å². The maximum atomic E-state index is 5.98. The molecule has 1 saturated heterocycles. The van der Waals surface area contributed by atoms with Crippen LogP contribution in [-0.4, -0.2) is 37.8 Å². The summed E-state index contributed by atoms with van der Waals surface area (Å²) in [4.78, 5) is 12.9. The van der Waals surface area contributed by atoms with E-state index in [4.69, 9.17) is 9.31 Å². The quantitative estimate of drug-likeness (QED) is 0.787. The van der Waals surface area contributed by atoms with Crippen LogP contribution in [0, 0.1) is 6.92 Å². The summed E-state index contributed by atoms with van der Waals surface area (Å²) >= 11 is 0. The Balaban J connectivity index is 0.00000176. The van der Waals surface area contributed by atoms with Gasteiger partial charge in [-0.1, -0.05) is 0 Å². The summed E-state index contributed by atoms with van der Waals surface area (Å²) in [6.45, 7) is 10.0. The lowest BCUT2D eigenvalue weighted by Crippen LogP contribution is -2.41. The number of aryl methyl sites for hydroxylation is 1. The van der Waals surface area contributed by atoms with Crippen LogP contribution in [-0.2, 0) is 9.31 Å². The summed E-state index contributed by atoms with van der Waals surface area (Å²) in [6, 6.07) is 0. The molecule has 0 unspecified atom stereocenters. The first-order valence-electron chi connectivity index (χ1n) is 6.97. The van der Waals surface area contributed by atoms with E-state index in [1.165, 1.54) is 0 Å². The number of nitrogens with zero attached hydrogens (tertiary/aromatic N) is 4. The van der Waals surface area contributed by atoms with E-state index in [0.29, 0.717) is 5.95 Å². The van der Waals surface area contributed by atoms with Gasteiger partial charge in [0.25, 0.3) is 0 Å². The van der Waals surface area contributed by atoms with Gasteiger partial charge in [-0.2, -0.15) is 0 Å². The normalized spacial score (nSPS) is 19.0. The highest BCUT2D eigenvalue weighted by molar-refractivity contribution is 6.61. The van der Waals surface area contributed by atoms with E-state index in [1.54, 1.807) is 23.3 Å². The standard InChI is InChI=1S/C14H19BN4O2.ClH/c1-10-8-19(9-18-10)12-16-6-11(7-17-12)15-20-13(2,3)14(4,5)21-15;/h6-9H,1-5H3;1H. The highest BCUT2D eigenvalue weighted by atomic mass is 35.5. The summed E-state index contributed by atoms with van der Waals surface area (Å²) in [5.41, 5.74) is 1.01. The number of hydrogen-bond acceptors (Lipinski definition) is 5. The van der Waals surface area contributed by atoms with Gasteiger partial charge in [-0.15, -0.1) is 12.4 Å². The van der Waals surface area contributed by atoms with Crippen LogP contribution in [0.4, 0.5) is 0 Å². The lowest BCUT2D eigenvalue weighted by Gasteiger charge is -2.32. The molecule has 0 aromatic carbocycles. The fraction of sp³-hybridized carbons (Fsp3) is 0.500. The van der Waals surface area contributed by atoms with Crippen LogP contribution >= 0.6 is 12.4 Å². The molecular weight excluding hydrogens is 302 g/mol. The summed E-state index contributed by atoms with van der Waals surface area (Å²) < 4.78 is 13.7. The summed E-state index contributed by atoms with van der Waals surface area (Å²) in [5.74, 6) is 0.580. The first-order chi connectivity index (χ1) is 9.78. The topological polar surface area (TPSA) is 62.1 Å². The zero-order valence-electron chi connectivity index (χ0n) is 13.4. The van der Waals surface area contributed by atoms with Gasteiger partial charge in [0.2, 0.25) is 5.95 Å². The molecule has 0 amide bonds. The van der Waals surface area contributed by atoms with Gasteiger partial charge in [-0.25, -0.2) is 15.0 Å². The predicted octanol–water partition coefficient (Wildman–Crippen LogP) is 1.69. The van der Waals surface area contributed by atoms with E-state index in [9.17, 15) is 0 Å². The molecule has 2 aromatic rings. The lowest BCUT2D eigenvalue weighted by atomic mass is 9.81. The average molecular weight is 323 g/mol. The van der Waals surface area contributed by atoms with Gasteiger partial charge in [0.1, 0.15) is 6.33 Å². The van der Waals surface area contributed by atoms with Crippen molar-refractivity contribution >= 4 is 25.0 Å². The molecule has 6 nitrogen and oxygen atoms in total. The van der Waals surface area contributed by atoms with Crippen LogP contribution in [0.2, 0.25) is 0 Å². The van der Waals surface area contributed by atoms with Gasteiger partial charge in [0, 0.05) is 24.1 Å². The molecular formula is C14H20BClN4O2. The molecule has 1 aliphatic heterocycles. The van der Waals surface area contributed by atoms with Crippen molar-refractivity contribution in [1.29, 1.82) is 0 Å². The molecule has 8 heteroatoms. The summed E-state index contributed by atoms with van der Waals surface area (Å²) in [6.07, 6.45) is 7.04. The monoisotopic (exact) mass is 322 g/mol.